The molecule has 0 aliphatic carbocycles. The maximum Gasteiger partial charge on any atom is 0.257 e. The van der Waals surface area contributed by atoms with Crippen molar-refractivity contribution in [2.45, 2.75) is 19.5 Å². The van der Waals surface area contributed by atoms with E-state index in [0.29, 0.717) is 6.54 Å². The SMILES string of the molecule is COc1ccc(CCN2C(=O)c3ccccc3NC2c2sccc2C)cc1. The molecule has 1 unspecified atom stereocenters. The number of benzene rings is 2. The normalized spacial score (nSPS) is 16.0. The zero-order valence-corrected chi connectivity index (χ0v) is 16.3. The molecule has 0 bridgehead atoms. The summed E-state index contributed by atoms with van der Waals surface area (Å²) in [7, 11) is 1.67. The number of amides is 1. The zero-order chi connectivity index (χ0) is 18.8. The van der Waals surface area contributed by atoms with Crippen molar-refractivity contribution in [3.8, 4) is 5.75 Å². The molecule has 1 aliphatic heterocycles. The number of nitrogens with one attached hydrogen (secondary N) is 1. The van der Waals surface area contributed by atoms with Crippen LogP contribution < -0.4 is 10.1 Å². The molecule has 1 amide bonds. The van der Waals surface area contributed by atoms with Gasteiger partial charge in [0, 0.05) is 12.2 Å². The van der Waals surface area contributed by atoms with E-state index in [0.717, 1.165) is 23.4 Å². The smallest absolute Gasteiger partial charge is 0.257 e. The lowest BCUT2D eigenvalue weighted by atomic mass is 10.0. The van der Waals surface area contributed by atoms with Crippen LogP contribution in [0.15, 0.2) is 60.0 Å². The number of hydrogen-bond acceptors (Lipinski definition) is 4. The van der Waals surface area contributed by atoms with Crippen LogP contribution >= 0.6 is 11.3 Å². The van der Waals surface area contributed by atoms with Gasteiger partial charge in [-0.1, -0.05) is 24.3 Å². The lowest BCUT2D eigenvalue weighted by Crippen LogP contribution is -2.43. The molecule has 2 heterocycles. The zero-order valence-electron chi connectivity index (χ0n) is 15.4. The molecule has 138 valence electrons. The number of ether oxygens (including phenoxy) is 1. The van der Waals surface area contributed by atoms with Crippen molar-refractivity contribution in [3.05, 3.63) is 81.5 Å². The quantitative estimate of drug-likeness (QED) is 0.688. The molecule has 2 aromatic carbocycles. The van der Waals surface area contributed by atoms with E-state index in [4.69, 9.17) is 4.74 Å². The van der Waals surface area contributed by atoms with Gasteiger partial charge in [0.25, 0.3) is 5.91 Å². The largest absolute Gasteiger partial charge is 0.497 e. The second-order valence-electron chi connectivity index (χ2n) is 6.66. The van der Waals surface area contributed by atoms with Gasteiger partial charge in [0.05, 0.1) is 17.6 Å². The maximum absolute atomic E-state index is 13.2. The Morgan fingerprint density at radius 2 is 1.89 bits per heavy atom. The van der Waals surface area contributed by atoms with E-state index < -0.39 is 0 Å². The highest BCUT2D eigenvalue weighted by atomic mass is 32.1. The fourth-order valence-corrected chi connectivity index (χ4v) is 4.42. The fraction of sp³-hybridized carbons (Fsp3) is 0.227. The van der Waals surface area contributed by atoms with Gasteiger partial charge in [0.15, 0.2) is 0 Å². The van der Waals surface area contributed by atoms with E-state index in [-0.39, 0.29) is 12.1 Å². The number of anilines is 1. The monoisotopic (exact) mass is 378 g/mol. The minimum absolute atomic E-state index is 0.0793. The van der Waals surface area contributed by atoms with Crippen LogP contribution in [0.3, 0.4) is 0 Å². The van der Waals surface area contributed by atoms with Gasteiger partial charge in [0.2, 0.25) is 0 Å². The summed E-state index contributed by atoms with van der Waals surface area (Å²) in [5.74, 6) is 0.922. The van der Waals surface area contributed by atoms with Gasteiger partial charge in [0.1, 0.15) is 11.9 Å². The Bertz CT molecular complexity index is 949. The van der Waals surface area contributed by atoms with Gasteiger partial charge in [-0.25, -0.2) is 0 Å². The molecule has 1 atom stereocenters. The van der Waals surface area contributed by atoms with E-state index in [9.17, 15) is 4.79 Å². The second kappa shape index (κ2) is 7.45. The Balaban J connectivity index is 1.62. The molecule has 27 heavy (non-hydrogen) atoms. The molecule has 0 radical (unpaired) electrons. The first-order chi connectivity index (χ1) is 13.2. The van der Waals surface area contributed by atoms with Crippen molar-refractivity contribution in [2.75, 3.05) is 19.0 Å². The summed E-state index contributed by atoms with van der Waals surface area (Å²) in [6, 6.07) is 17.9. The van der Waals surface area contributed by atoms with Crippen LogP contribution in [0.25, 0.3) is 0 Å². The Labute approximate surface area is 163 Å². The number of methoxy groups -OCH3 is 1. The Morgan fingerprint density at radius 3 is 2.59 bits per heavy atom. The predicted molar refractivity (Wildman–Crippen MR) is 110 cm³/mol. The minimum atomic E-state index is -0.134. The number of hydrogen-bond donors (Lipinski definition) is 1. The fourth-order valence-electron chi connectivity index (χ4n) is 3.44. The van der Waals surface area contributed by atoms with E-state index >= 15 is 0 Å². The molecule has 0 saturated carbocycles. The summed E-state index contributed by atoms with van der Waals surface area (Å²) in [6.45, 7) is 2.74. The van der Waals surface area contributed by atoms with Crippen molar-refractivity contribution < 1.29 is 9.53 Å². The molecule has 0 fully saturated rings. The summed E-state index contributed by atoms with van der Waals surface area (Å²) >= 11 is 1.69. The van der Waals surface area contributed by atoms with Crippen molar-refractivity contribution >= 4 is 22.9 Å². The van der Waals surface area contributed by atoms with Crippen molar-refractivity contribution in [1.29, 1.82) is 0 Å². The topological polar surface area (TPSA) is 41.6 Å². The standard InChI is InChI=1S/C22H22N2O2S/c1-15-12-14-27-20(15)21-23-19-6-4-3-5-18(19)22(25)24(21)13-11-16-7-9-17(26-2)10-8-16/h3-10,12,14,21,23H,11,13H2,1-2H3. The third kappa shape index (κ3) is 3.43. The average molecular weight is 378 g/mol. The van der Waals surface area contributed by atoms with Crippen LogP contribution in [0.4, 0.5) is 5.69 Å². The molecule has 5 heteroatoms. The lowest BCUT2D eigenvalue weighted by Gasteiger charge is -2.38. The lowest BCUT2D eigenvalue weighted by molar-refractivity contribution is 0.0688. The molecule has 3 aromatic rings. The highest BCUT2D eigenvalue weighted by Crippen LogP contribution is 2.36. The van der Waals surface area contributed by atoms with Crippen LogP contribution in [0.1, 0.15) is 32.5 Å². The van der Waals surface area contributed by atoms with Crippen molar-refractivity contribution in [2.24, 2.45) is 0 Å². The number of aryl methyl sites for hydroxylation is 1. The van der Waals surface area contributed by atoms with Gasteiger partial charge < -0.3 is 15.0 Å². The first-order valence-electron chi connectivity index (χ1n) is 9.01. The molecule has 1 N–H and O–H groups in total. The molecule has 1 aliphatic rings. The van der Waals surface area contributed by atoms with Gasteiger partial charge in [-0.2, -0.15) is 0 Å². The highest BCUT2D eigenvalue weighted by molar-refractivity contribution is 7.10. The van der Waals surface area contributed by atoms with E-state index in [1.807, 2.05) is 41.3 Å². The summed E-state index contributed by atoms with van der Waals surface area (Å²) in [5, 5.41) is 5.65. The minimum Gasteiger partial charge on any atom is -0.497 e. The van der Waals surface area contributed by atoms with Crippen molar-refractivity contribution in [1.82, 2.24) is 4.90 Å². The number of rotatable bonds is 5. The molecule has 1 aromatic heterocycles. The Morgan fingerprint density at radius 1 is 1.11 bits per heavy atom. The highest BCUT2D eigenvalue weighted by Gasteiger charge is 2.33. The number of carbonyl (C=O) groups is 1. The van der Waals surface area contributed by atoms with Gasteiger partial charge in [-0.15, -0.1) is 11.3 Å². The number of thiophene rings is 1. The molecule has 0 saturated heterocycles. The van der Waals surface area contributed by atoms with E-state index in [2.05, 4.69) is 35.8 Å². The molecule has 4 nitrogen and oxygen atoms in total. The Kier molecular flexibility index (Phi) is 4.86. The van der Waals surface area contributed by atoms with Crippen LogP contribution in [-0.2, 0) is 6.42 Å². The third-order valence-corrected chi connectivity index (χ3v) is 6.04. The summed E-state index contributed by atoms with van der Waals surface area (Å²) in [5.41, 5.74) is 4.03. The Hall–Kier alpha value is -2.79. The van der Waals surface area contributed by atoms with E-state index in [1.54, 1.807) is 18.4 Å². The van der Waals surface area contributed by atoms with Crippen LogP contribution in [0, 0.1) is 6.92 Å². The summed E-state index contributed by atoms with van der Waals surface area (Å²) in [4.78, 5) is 16.4. The third-order valence-electron chi connectivity index (χ3n) is 4.97. The van der Waals surface area contributed by atoms with E-state index in [1.165, 1.54) is 16.0 Å². The van der Waals surface area contributed by atoms with Crippen LogP contribution in [-0.4, -0.2) is 24.5 Å². The predicted octanol–water partition coefficient (Wildman–Crippen LogP) is 4.87. The van der Waals surface area contributed by atoms with Gasteiger partial charge >= 0.3 is 0 Å². The van der Waals surface area contributed by atoms with Gasteiger partial charge in [-0.05, 0) is 60.2 Å². The number of para-hydroxylation sites is 1. The summed E-state index contributed by atoms with van der Waals surface area (Å²) in [6.07, 6.45) is 0.659. The molecular formula is C22H22N2O2S. The maximum atomic E-state index is 13.2. The molecule has 4 rings (SSSR count). The van der Waals surface area contributed by atoms with Crippen LogP contribution in [0.2, 0.25) is 0 Å². The molecule has 0 spiro atoms. The first kappa shape index (κ1) is 17.6. The number of nitrogens with zero attached hydrogens (tertiary/aromatic N) is 1. The molecular weight excluding hydrogens is 356 g/mol. The van der Waals surface area contributed by atoms with Gasteiger partial charge in [-0.3, -0.25) is 4.79 Å². The van der Waals surface area contributed by atoms with Crippen LogP contribution in [0.5, 0.6) is 5.75 Å². The average Bonchev–Trinajstić information content (AvgIpc) is 3.13. The summed E-state index contributed by atoms with van der Waals surface area (Å²) < 4.78 is 5.23. The van der Waals surface area contributed by atoms with Crippen molar-refractivity contribution in [3.63, 3.8) is 0 Å². The second-order valence-corrected chi connectivity index (χ2v) is 7.60. The number of fused-ring (bicyclic) bond motifs is 1. The number of carbonyl (C=O) groups excluding carboxylic acids is 1. The first-order valence-corrected chi connectivity index (χ1v) is 9.89.